The number of aromatic carboxylic acids is 1. The highest BCUT2D eigenvalue weighted by Crippen LogP contribution is 2.40. The van der Waals surface area contributed by atoms with Crippen LogP contribution in [0.4, 0.5) is 11.5 Å². The molecular weight excluding hydrogens is 250 g/mol. The van der Waals surface area contributed by atoms with Crippen molar-refractivity contribution in [3.05, 3.63) is 27.9 Å². The molecule has 1 fully saturated rings. The molecule has 0 bridgehead atoms. The normalized spacial score (nSPS) is 16.5. The third kappa shape index (κ3) is 2.81. The van der Waals surface area contributed by atoms with Gasteiger partial charge in [-0.15, -0.1) is 0 Å². The van der Waals surface area contributed by atoms with Crippen molar-refractivity contribution in [3.63, 3.8) is 0 Å². The molecule has 0 saturated heterocycles. The standard InChI is InChI=1S/C12H15N3O4/c1-12(5-2-6-12)7-13-10-9(15(18)19)4-3-8(14-10)11(16)17/h3-4H,2,5-7H2,1H3,(H,13,14)(H,16,17). The molecule has 0 aromatic carbocycles. The van der Waals surface area contributed by atoms with Gasteiger partial charge in [0.05, 0.1) is 4.92 Å². The van der Waals surface area contributed by atoms with Gasteiger partial charge in [-0.05, 0) is 24.3 Å². The van der Waals surface area contributed by atoms with Gasteiger partial charge in [0.2, 0.25) is 5.82 Å². The van der Waals surface area contributed by atoms with Gasteiger partial charge in [-0.2, -0.15) is 0 Å². The van der Waals surface area contributed by atoms with E-state index in [2.05, 4.69) is 17.2 Å². The molecule has 102 valence electrons. The van der Waals surface area contributed by atoms with Crippen molar-refractivity contribution in [1.29, 1.82) is 0 Å². The van der Waals surface area contributed by atoms with E-state index in [-0.39, 0.29) is 22.6 Å². The van der Waals surface area contributed by atoms with Crippen molar-refractivity contribution in [1.82, 2.24) is 4.98 Å². The van der Waals surface area contributed by atoms with E-state index < -0.39 is 10.9 Å². The van der Waals surface area contributed by atoms with Crippen molar-refractivity contribution < 1.29 is 14.8 Å². The average molecular weight is 265 g/mol. The van der Waals surface area contributed by atoms with Gasteiger partial charge in [-0.25, -0.2) is 9.78 Å². The Hall–Kier alpha value is -2.18. The monoisotopic (exact) mass is 265 g/mol. The summed E-state index contributed by atoms with van der Waals surface area (Å²) in [5.74, 6) is -1.18. The fourth-order valence-electron chi connectivity index (χ4n) is 2.10. The van der Waals surface area contributed by atoms with Crippen molar-refractivity contribution in [2.45, 2.75) is 26.2 Å². The Morgan fingerprint density at radius 1 is 1.58 bits per heavy atom. The molecule has 0 unspecified atom stereocenters. The lowest BCUT2D eigenvalue weighted by Gasteiger charge is -2.38. The summed E-state index contributed by atoms with van der Waals surface area (Å²) in [6.07, 6.45) is 3.28. The maximum absolute atomic E-state index is 10.9. The second kappa shape index (κ2) is 4.83. The Balaban J connectivity index is 2.22. The van der Waals surface area contributed by atoms with Crippen LogP contribution in [0.25, 0.3) is 0 Å². The van der Waals surface area contributed by atoms with E-state index >= 15 is 0 Å². The molecule has 1 aliphatic rings. The maximum atomic E-state index is 10.9. The van der Waals surface area contributed by atoms with Crippen LogP contribution in [0.2, 0.25) is 0 Å². The first-order chi connectivity index (χ1) is 8.91. The molecule has 19 heavy (non-hydrogen) atoms. The molecule has 2 rings (SSSR count). The lowest BCUT2D eigenvalue weighted by molar-refractivity contribution is -0.384. The van der Waals surface area contributed by atoms with Crippen molar-refractivity contribution in [3.8, 4) is 0 Å². The Kier molecular flexibility index (Phi) is 3.37. The predicted octanol–water partition coefficient (Wildman–Crippen LogP) is 2.29. The zero-order valence-electron chi connectivity index (χ0n) is 10.5. The second-order valence-electron chi connectivity index (χ2n) is 5.14. The number of hydrogen-bond donors (Lipinski definition) is 2. The zero-order valence-corrected chi connectivity index (χ0v) is 10.5. The summed E-state index contributed by atoms with van der Waals surface area (Å²) < 4.78 is 0. The Bertz CT molecular complexity index is 526. The first-order valence-corrected chi connectivity index (χ1v) is 6.04. The van der Waals surface area contributed by atoms with Crippen LogP contribution >= 0.6 is 0 Å². The van der Waals surface area contributed by atoms with E-state index in [0.717, 1.165) is 25.3 Å². The maximum Gasteiger partial charge on any atom is 0.354 e. The third-order valence-corrected chi connectivity index (χ3v) is 3.53. The summed E-state index contributed by atoms with van der Waals surface area (Å²) in [6.45, 7) is 2.65. The van der Waals surface area contributed by atoms with Crippen molar-refractivity contribution >= 4 is 17.5 Å². The third-order valence-electron chi connectivity index (χ3n) is 3.53. The van der Waals surface area contributed by atoms with Gasteiger partial charge in [0.1, 0.15) is 0 Å². The molecule has 0 spiro atoms. The number of hydrogen-bond acceptors (Lipinski definition) is 5. The fraction of sp³-hybridized carbons (Fsp3) is 0.500. The number of anilines is 1. The molecule has 7 heteroatoms. The lowest BCUT2D eigenvalue weighted by Crippen LogP contribution is -2.33. The highest BCUT2D eigenvalue weighted by Gasteiger charge is 2.32. The van der Waals surface area contributed by atoms with E-state index in [0.29, 0.717) is 6.54 Å². The van der Waals surface area contributed by atoms with E-state index in [1.807, 2.05) is 0 Å². The van der Waals surface area contributed by atoms with Crippen LogP contribution in [0.5, 0.6) is 0 Å². The predicted molar refractivity (Wildman–Crippen MR) is 68.3 cm³/mol. The van der Waals surface area contributed by atoms with E-state index in [1.165, 1.54) is 6.07 Å². The number of pyridine rings is 1. The van der Waals surface area contributed by atoms with Gasteiger partial charge < -0.3 is 10.4 Å². The number of carboxylic acids is 1. The van der Waals surface area contributed by atoms with Gasteiger partial charge >= 0.3 is 11.7 Å². The SMILES string of the molecule is CC1(CNc2nc(C(=O)O)ccc2[N+](=O)[O-])CCC1. The topological polar surface area (TPSA) is 105 Å². The highest BCUT2D eigenvalue weighted by molar-refractivity contribution is 5.86. The molecule has 1 aromatic rings. The first kappa shape index (κ1) is 13.3. The van der Waals surface area contributed by atoms with Crippen LogP contribution in [-0.2, 0) is 0 Å². The molecule has 0 radical (unpaired) electrons. The molecule has 1 aromatic heterocycles. The number of carbonyl (C=O) groups is 1. The highest BCUT2D eigenvalue weighted by atomic mass is 16.6. The Labute approximate surface area is 109 Å². The number of carboxylic acid groups (broad SMARTS) is 1. The molecule has 7 nitrogen and oxygen atoms in total. The summed E-state index contributed by atoms with van der Waals surface area (Å²) in [7, 11) is 0. The van der Waals surface area contributed by atoms with Crippen LogP contribution in [-0.4, -0.2) is 27.5 Å². The molecule has 0 amide bonds. The minimum absolute atomic E-state index is 0.0259. The quantitative estimate of drug-likeness (QED) is 0.625. The van der Waals surface area contributed by atoms with Gasteiger partial charge in [-0.3, -0.25) is 10.1 Å². The van der Waals surface area contributed by atoms with Gasteiger partial charge in [0.25, 0.3) is 0 Å². The summed E-state index contributed by atoms with van der Waals surface area (Å²) in [5, 5.41) is 22.7. The zero-order chi connectivity index (χ0) is 14.0. The van der Waals surface area contributed by atoms with Gasteiger partial charge in [0.15, 0.2) is 5.69 Å². The summed E-state index contributed by atoms with van der Waals surface area (Å²) in [5.41, 5.74) is -0.283. The summed E-state index contributed by atoms with van der Waals surface area (Å²) >= 11 is 0. The first-order valence-electron chi connectivity index (χ1n) is 6.04. The minimum Gasteiger partial charge on any atom is -0.477 e. The van der Waals surface area contributed by atoms with Crippen LogP contribution in [0.15, 0.2) is 12.1 Å². The summed E-state index contributed by atoms with van der Waals surface area (Å²) in [4.78, 5) is 25.0. The smallest absolute Gasteiger partial charge is 0.354 e. The molecule has 1 aliphatic carbocycles. The van der Waals surface area contributed by atoms with Crippen molar-refractivity contribution in [2.24, 2.45) is 5.41 Å². The number of nitro groups is 1. The lowest BCUT2D eigenvalue weighted by atomic mass is 9.70. The molecule has 1 heterocycles. The van der Waals surface area contributed by atoms with Crippen molar-refractivity contribution in [2.75, 3.05) is 11.9 Å². The number of aromatic nitrogens is 1. The molecule has 0 atom stereocenters. The number of nitrogens with zero attached hydrogens (tertiary/aromatic N) is 2. The Morgan fingerprint density at radius 3 is 2.74 bits per heavy atom. The minimum atomic E-state index is -1.20. The van der Waals surface area contributed by atoms with Crippen LogP contribution in [0.3, 0.4) is 0 Å². The van der Waals surface area contributed by atoms with E-state index in [1.54, 1.807) is 0 Å². The molecule has 1 saturated carbocycles. The molecule has 2 N–H and O–H groups in total. The Morgan fingerprint density at radius 2 is 2.26 bits per heavy atom. The average Bonchev–Trinajstić information content (AvgIpc) is 2.33. The number of rotatable bonds is 5. The van der Waals surface area contributed by atoms with E-state index in [4.69, 9.17) is 5.11 Å². The second-order valence-corrected chi connectivity index (χ2v) is 5.14. The number of nitrogens with one attached hydrogen (secondary N) is 1. The largest absolute Gasteiger partial charge is 0.477 e. The van der Waals surface area contributed by atoms with Gasteiger partial charge in [0, 0.05) is 12.6 Å². The van der Waals surface area contributed by atoms with Crippen LogP contribution in [0, 0.1) is 15.5 Å². The van der Waals surface area contributed by atoms with Crippen LogP contribution < -0.4 is 5.32 Å². The summed E-state index contributed by atoms with van der Waals surface area (Å²) in [6, 6.07) is 2.30. The van der Waals surface area contributed by atoms with E-state index in [9.17, 15) is 14.9 Å². The van der Waals surface area contributed by atoms with Crippen LogP contribution in [0.1, 0.15) is 36.7 Å². The molecule has 0 aliphatic heterocycles. The fourth-order valence-corrected chi connectivity index (χ4v) is 2.10. The molecular formula is C12H15N3O4. The van der Waals surface area contributed by atoms with Gasteiger partial charge in [-0.1, -0.05) is 13.3 Å².